The molecule has 0 radical (unpaired) electrons. The van der Waals surface area contributed by atoms with Crippen molar-refractivity contribution in [3.05, 3.63) is 102 Å². The van der Waals surface area contributed by atoms with Crippen LogP contribution in [-0.2, 0) is 6.42 Å². The van der Waals surface area contributed by atoms with Gasteiger partial charge in [-0.1, -0.05) is 66.7 Å². The van der Waals surface area contributed by atoms with Crippen LogP contribution in [-0.4, -0.2) is 4.40 Å². The summed E-state index contributed by atoms with van der Waals surface area (Å²) in [4.78, 5) is 0. The quantitative estimate of drug-likeness (QED) is 0.487. The Hall–Kier alpha value is -2.80. The average Bonchev–Trinajstić information content (AvgIpc) is 2.95. The van der Waals surface area contributed by atoms with E-state index in [0.717, 1.165) is 6.42 Å². The van der Waals surface area contributed by atoms with Crippen molar-refractivity contribution in [3.8, 4) is 11.1 Å². The van der Waals surface area contributed by atoms with Crippen molar-refractivity contribution in [2.75, 3.05) is 0 Å². The van der Waals surface area contributed by atoms with Gasteiger partial charge in [-0.3, -0.25) is 0 Å². The fourth-order valence-electron chi connectivity index (χ4n) is 3.02. The second kappa shape index (κ2) is 5.53. The summed E-state index contributed by atoms with van der Waals surface area (Å²) in [5.41, 5.74) is 6.51. The molecule has 0 aliphatic rings. The van der Waals surface area contributed by atoms with Gasteiger partial charge in [0.05, 0.1) is 0 Å². The molecule has 2 aromatic carbocycles. The molecule has 0 amide bonds. The van der Waals surface area contributed by atoms with Gasteiger partial charge >= 0.3 is 0 Å². The Kier molecular flexibility index (Phi) is 3.24. The van der Waals surface area contributed by atoms with Crippen LogP contribution in [0.15, 0.2) is 91.1 Å². The lowest BCUT2D eigenvalue weighted by Crippen LogP contribution is -1.96. The van der Waals surface area contributed by atoms with Crippen LogP contribution >= 0.6 is 0 Å². The molecule has 0 unspecified atom stereocenters. The van der Waals surface area contributed by atoms with Crippen LogP contribution in [0.2, 0.25) is 0 Å². The number of hydrogen-bond acceptors (Lipinski definition) is 0. The van der Waals surface area contributed by atoms with Crippen molar-refractivity contribution in [2.45, 2.75) is 6.42 Å². The standard InChI is InChI=1S/C21H17N/c1-3-9-17(10-4-1)15-21-20(18-11-5-2-6-12-18)16-19-13-7-8-14-22(19)21/h1-14,16H,15H2. The van der Waals surface area contributed by atoms with E-state index in [1.807, 2.05) is 0 Å². The molecule has 22 heavy (non-hydrogen) atoms. The fourth-order valence-corrected chi connectivity index (χ4v) is 3.02. The Morgan fingerprint density at radius 3 is 2.14 bits per heavy atom. The van der Waals surface area contributed by atoms with Gasteiger partial charge in [-0.25, -0.2) is 0 Å². The van der Waals surface area contributed by atoms with Gasteiger partial charge in [0.1, 0.15) is 0 Å². The Morgan fingerprint density at radius 2 is 1.36 bits per heavy atom. The van der Waals surface area contributed by atoms with E-state index < -0.39 is 0 Å². The summed E-state index contributed by atoms with van der Waals surface area (Å²) in [5.74, 6) is 0. The van der Waals surface area contributed by atoms with Gasteiger partial charge in [0.25, 0.3) is 0 Å². The summed E-state index contributed by atoms with van der Waals surface area (Å²) in [7, 11) is 0. The fraction of sp³-hybridized carbons (Fsp3) is 0.0476. The maximum Gasteiger partial charge on any atom is 0.0459 e. The molecule has 0 spiro atoms. The third kappa shape index (κ3) is 2.31. The minimum Gasteiger partial charge on any atom is -0.320 e. The highest BCUT2D eigenvalue weighted by molar-refractivity contribution is 5.74. The predicted molar refractivity (Wildman–Crippen MR) is 92.1 cm³/mol. The molecule has 1 nitrogen and oxygen atoms in total. The highest BCUT2D eigenvalue weighted by atomic mass is 14.9. The Labute approximate surface area is 130 Å². The van der Waals surface area contributed by atoms with Crippen LogP contribution < -0.4 is 0 Å². The Morgan fingerprint density at radius 1 is 0.682 bits per heavy atom. The number of hydrogen-bond donors (Lipinski definition) is 0. The van der Waals surface area contributed by atoms with Crippen molar-refractivity contribution < 1.29 is 0 Å². The van der Waals surface area contributed by atoms with E-state index in [-0.39, 0.29) is 0 Å². The van der Waals surface area contributed by atoms with Gasteiger partial charge in [0, 0.05) is 29.4 Å². The highest BCUT2D eigenvalue weighted by Gasteiger charge is 2.12. The zero-order valence-electron chi connectivity index (χ0n) is 12.3. The Bertz CT molecular complexity index is 889. The smallest absolute Gasteiger partial charge is 0.0459 e. The molecule has 2 heterocycles. The molecule has 0 aliphatic carbocycles. The molecule has 0 saturated heterocycles. The lowest BCUT2D eigenvalue weighted by molar-refractivity contribution is 1.03. The van der Waals surface area contributed by atoms with Crippen LogP contribution in [0.5, 0.6) is 0 Å². The van der Waals surface area contributed by atoms with E-state index in [2.05, 4.69) is 95.5 Å². The highest BCUT2D eigenvalue weighted by Crippen LogP contribution is 2.29. The van der Waals surface area contributed by atoms with Crippen LogP contribution in [0, 0.1) is 0 Å². The number of rotatable bonds is 3. The molecule has 4 aromatic rings. The molecule has 0 atom stereocenters. The van der Waals surface area contributed by atoms with E-state index in [1.54, 1.807) is 0 Å². The number of benzene rings is 2. The van der Waals surface area contributed by atoms with Gasteiger partial charge in [-0.2, -0.15) is 0 Å². The lowest BCUT2D eigenvalue weighted by Gasteiger charge is -2.07. The SMILES string of the molecule is c1ccc(Cc2c(-c3ccccc3)cc3ccccn23)cc1. The number of nitrogens with zero attached hydrogens (tertiary/aromatic N) is 1. The third-order valence-corrected chi connectivity index (χ3v) is 4.08. The van der Waals surface area contributed by atoms with Gasteiger partial charge in [0.15, 0.2) is 0 Å². The van der Waals surface area contributed by atoms with E-state index in [1.165, 1.54) is 27.9 Å². The predicted octanol–water partition coefficient (Wildman–Crippen LogP) is 5.20. The van der Waals surface area contributed by atoms with Crippen molar-refractivity contribution in [1.29, 1.82) is 0 Å². The molecule has 1 heteroatoms. The molecule has 0 aliphatic heterocycles. The van der Waals surface area contributed by atoms with Crippen molar-refractivity contribution in [2.24, 2.45) is 0 Å². The zero-order chi connectivity index (χ0) is 14.8. The molecule has 0 bridgehead atoms. The minimum atomic E-state index is 0.934. The first-order valence-electron chi connectivity index (χ1n) is 7.60. The molecular formula is C21H17N. The van der Waals surface area contributed by atoms with E-state index >= 15 is 0 Å². The van der Waals surface area contributed by atoms with Gasteiger partial charge in [-0.15, -0.1) is 0 Å². The monoisotopic (exact) mass is 283 g/mol. The second-order valence-electron chi connectivity index (χ2n) is 5.53. The van der Waals surface area contributed by atoms with Crippen molar-refractivity contribution in [3.63, 3.8) is 0 Å². The maximum absolute atomic E-state index is 2.30. The molecule has 0 N–H and O–H groups in total. The summed E-state index contributed by atoms with van der Waals surface area (Å²) < 4.78 is 2.30. The Balaban J connectivity index is 1.91. The van der Waals surface area contributed by atoms with Gasteiger partial charge in [0.2, 0.25) is 0 Å². The maximum atomic E-state index is 2.30. The van der Waals surface area contributed by atoms with E-state index in [4.69, 9.17) is 0 Å². The van der Waals surface area contributed by atoms with E-state index in [9.17, 15) is 0 Å². The van der Waals surface area contributed by atoms with E-state index in [0.29, 0.717) is 0 Å². The third-order valence-electron chi connectivity index (χ3n) is 4.08. The summed E-state index contributed by atoms with van der Waals surface area (Å²) in [6.45, 7) is 0. The number of pyridine rings is 1. The summed E-state index contributed by atoms with van der Waals surface area (Å²) in [6, 6.07) is 29.9. The van der Waals surface area contributed by atoms with Crippen LogP contribution in [0.1, 0.15) is 11.3 Å². The van der Waals surface area contributed by atoms with Gasteiger partial charge in [-0.05, 0) is 29.3 Å². The molecule has 106 valence electrons. The van der Waals surface area contributed by atoms with Crippen molar-refractivity contribution >= 4 is 5.52 Å². The first-order valence-corrected chi connectivity index (χ1v) is 7.60. The number of fused-ring (bicyclic) bond motifs is 1. The molecule has 0 fully saturated rings. The first kappa shape index (κ1) is 12.9. The topological polar surface area (TPSA) is 4.41 Å². The second-order valence-corrected chi connectivity index (χ2v) is 5.53. The lowest BCUT2D eigenvalue weighted by atomic mass is 10.0. The number of aromatic nitrogens is 1. The van der Waals surface area contributed by atoms with Crippen LogP contribution in [0.4, 0.5) is 0 Å². The molecule has 4 rings (SSSR count). The normalized spacial score (nSPS) is 10.9. The largest absolute Gasteiger partial charge is 0.320 e. The van der Waals surface area contributed by atoms with Crippen LogP contribution in [0.3, 0.4) is 0 Å². The summed E-state index contributed by atoms with van der Waals surface area (Å²) >= 11 is 0. The summed E-state index contributed by atoms with van der Waals surface area (Å²) in [6.07, 6.45) is 3.09. The molecule has 0 saturated carbocycles. The van der Waals surface area contributed by atoms with Gasteiger partial charge < -0.3 is 4.40 Å². The molecular weight excluding hydrogens is 266 g/mol. The van der Waals surface area contributed by atoms with Crippen molar-refractivity contribution in [1.82, 2.24) is 4.40 Å². The van der Waals surface area contributed by atoms with Crippen LogP contribution in [0.25, 0.3) is 16.6 Å². The average molecular weight is 283 g/mol. The summed E-state index contributed by atoms with van der Waals surface area (Å²) in [5, 5.41) is 0. The zero-order valence-corrected chi connectivity index (χ0v) is 12.3. The molecule has 2 aromatic heterocycles. The first-order chi connectivity index (χ1) is 10.9. The minimum absolute atomic E-state index is 0.934.